The van der Waals surface area contributed by atoms with E-state index < -0.39 is 10.4 Å². The summed E-state index contributed by atoms with van der Waals surface area (Å²) in [7, 11) is -4.67. The van der Waals surface area contributed by atoms with E-state index in [9.17, 15) is 0 Å². The van der Waals surface area contributed by atoms with Gasteiger partial charge in [-0.2, -0.15) is 8.42 Å². The van der Waals surface area contributed by atoms with E-state index in [1.807, 2.05) is 0 Å². The maximum Gasteiger partial charge on any atom is 0.394 e. The summed E-state index contributed by atoms with van der Waals surface area (Å²) in [5.74, 6) is 0. The zero-order chi connectivity index (χ0) is 11.1. The highest BCUT2D eigenvalue weighted by atomic mass is 32.3. The van der Waals surface area contributed by atoms with E-state index >= 15 is 0 Å². The van der Waals surface area contributed by atoms with Crippen LogP contribution in [0.2, 0.25) is 0 Å². The highest BCUT2D eigenvalue weighted by Crippen LogP contribution is 2.35. The second-order valence-electron chi connectivity index (χ2n) is 3.15. The van der Waals surface area contributed by atoms with Gasteiger partial charge in [-0.05, 0) is 21.5 Å². The van der Waals surface area contributed by atoms with Crippen LogP contribution in [0.5, 0.6) is 0 Å². The van der Waals surface area contributed by atoms with Gasteiger partial charge in [-0.1, -0.05) is 36.4 Å². The predicted molar refractivity (Wildman–Crippen MR) is 58.0 cm³/mol. The molecule has 0 spiro atoms. The molecule has 0 fully saturated rings. The molecule has 0 aromatic heterocycles. The SMILES string of the molecule is O=S(=O)(O)O.c1cc2c3cccc2c3c1. The summed E-state index contributed by atoms with van der Waals surface area (Å²) < 4.78 is 31.6. The van der Waals surface area contributed by atoms with Gasteiger partial charge in [-0.25, -0.2) is 0 Å². The molecule has 0 aliphatic carbocycles. The van der Waals surface area contributed by atoms with Crippen LogP contribution in [0.1, 0.15) is 0 Å². The van der Waals surface area contributed by atoms with Crippen molar-refractivity contribution in [2.45, 2.75) is 0 Å². The lowest BCUT2D eigenvalue weighted by Crippen LogP contribution is -1.89. The molecule has 0 radical (unpaired) electrons. The van der Waals surface area contributed by atoms with Gasteiger partial charge in [0.05, 0.1) is 0 Å². The van der Waals surface area contributed by atoms with E-state index in [1.54, 1.807) is 0 Å². The lowest BCUT2D eigenvalue weighted by molar-refractivity contribution is 0.381. The molecular formula is C10H8O4S. The summed E-state index contributed by atoms with van der Waals surface area (Å²) in [6.45, 7) is 0. The molecule has 4 aromatic carbocycles. The minimum Gasteiger partial charge on any atom is -0.264 e. The van der Waals surface area contributed by atoms with E-state index in [0.29, 0.717) is 0 Å². The average Bonchev–Trinajstić information content (AvgIpc) is 2.18. The highest BCUT2D eigenvalue weighted by molar-refractivity contribution is 7.79. The number of hydrogen-bond acceptors (Lipinski definition) is 2. The first kappa shape index (κ1) is 10.1. The summed E-state index contributed by atoms with van der Waals surface area (Å²) in [5.41, 5.74) is 0. The van der Waals surface area contributed by atoms with Crippen molar-refractivity contribution >= 4 is 31.9 Å². The van der Waals surface area contributed by atoms with Gasteiger partial charge >= 0.3 is 10.4 Å². The first-order chi connectivity index (χ1) is 6.97. The molecular weight excluding hydrogens is 216 g/mol. The molecule has 0 unspecified atom stereocenters. The monoisotopic (exact) mass is 224 g/mol. The van der Waals surface area contributed by atoms with E-state index in [1.165, 1.54) is 21.5 Å². The maximum absolute atomic E-state index is 8.74. The van der Waals surface area contributed by atoms with Gasteiger partial charge in [0.2, 0.25) is 0 Å². The van der Waals surface area contributed by atoms with Crippen LogP contribution in [0.3, 0.4) is 0 Å². The first-order valence-electron chi connectivity index (χ1n) is 4.19. The number of fused-ring (bicyclic) bond motifs is 2. The third kappa shape index (κ3) is 1.99. The molecule has 0 aliphatic heterocycles. The van der Waals surface area contributed by atoms with Crippen molar-refractivity contribution in [3.63, 3.8) is 0 Å². The minimum atomic E-state index is -4.67. The molecule has 0 amide bonds. The molecule has 0 atom stereocenters. The fourth-order valence-electron chi connectivity index (χ4n) is 1.72. The van der Waals surface area contributed by atoms with Crippen molar-refractivity contribution in [2.75, 3.05) is 0 Å². The zero-order valence-corrected chi connectivity index (χ0v) is 8.40. The fourth-order valence-corrected chi connectivity index (χ4v) is 1.72. The van der Waals surface area contributed by atoms with E-state index in [-0.39, 0.29) is 0 Å². The Morgan fingerprint density at radius 3 is 1.13 bits per heavy atom. The normalized spacial score (nSPS) is 11.9. The quantitative estimate of drug-likeness (QED) is 0.574. The third-order valence-corrected chi connectivity index (χ3v) is 2.21. The molecule has 15 heavy (non-hydrogen) atoms. The molecule has 0 saturated carbocycles. The van der Waals surface area contributed by atoms with Crippen LogP contribution in [0, 0.1) is 0 Å². The molecule has 78 valence electrons. The maximum atomic E-state index is 8.74. The predicted octanol–water partition coefficient (Wildman–Crippen LogP) is 2.22. The molecule has 4 nitrogen and oxygen atoms in total. The minimum absolute atomic E-state index is 1.43. The average molecular weight is 224 g/mol. The molecule has 5 heteroatoms. The largest absolute Gasteiger partial charge is 0.394 e. The fraction of sp³-hybridized carbons (Fsp3) is 0. The Morgan fingerprint density at radius 1 is 0.733 bits per heavy atom. The third-order valence-electron chi connectivity index (χ3n) is 2.21. The molecule has 0 aliphatic rings. The summed E-state index contributed by atoms with van der Waals surface area (Å²) in [5, 5.41) is 5.72. The number of hydrogen-bond donors (Lipinski definition) is 2. The lowest BCUT2D eigenvalue weighted by atomic mass is 9.92. The number of rotatable bonds is 0. The Bertz CT molecular complexity index is 548. The molecule has 0 saturated heterocycles. The van der Waals surface area contributed by atoms with Gasteiger partial charge < -0.3 is 0 Å². The summed E-state index contributed by atoms with van der Waals surface area (Å²) in [6, 6.07) is 12.9. The standard InChI is InChI=1S/C10H6.H2O4S/c1-3-7-9-5-2-6-10(7)8(9)4-1;1-5(2,3)4/h1-6H;(H2,1,2,3,4). The van der Waals surface area contributed by atoms with Crippen LogP contribution < -0.4 is 0 Å². The highest BCUT2D eigenvalue weighted by Gasteiger charge is 2.07. The Kier molecular flexibility index (Phi) is 2.22. The van der Waals surface area contributed by atoms with E-state index in [4.69, 9.17) is 17.5 Å². The smallest absolute Gasteiger partial charge is 0.264 e. The number of benzene rings is 4. The van der Waals surface area contributed by atoms with Crippen molar-refractivity contribution in [3.05, 3.63) is 36.4 Å². The first-order valence-corrected chi connectivity index (χ1v) is 5.58. The Hall–Kier alpha value is -1.43. The Labute approximate surface area is 86.4 Å². The van der Waals surface area contributed by atoms with Gasteiger partial charge in [-0.15, -0.1) is 0 Å². The molecule has 4 aromatic rings. The van der Waals surface area contributed by atoms with E-state index in [0.717, 1.165) is 0 Å². The Balaban J connectivity index is 0.000000149. The van der Waals surface area contributed by atoms with Crippen LogP contribution in [-0.4, -0.2) is 17.5 Å². The molecule has 4 rings (SSSR count). The zero-order valence-electron chi connectivity index (χ0n) is 7.58. The van der Waals surface area contributed by atoms with Crippen LogP contribution in [-0.2, 0) is 10.4 Å². The van der Waals surface area contributed by atoms with Crippen molar-refractivity contribution in [2.24, 2.45) is 0 Å². The Morgan fingerprint density at radius 2 is 0.933 bits per heavy atom. The molecule has 4 bridgehead atoms. The van der Waals surface area contributed by atoms with Crippen LogP contribution in [0.4, 0.5) is 0 Å². The summed E-state index contributed by atoms with van der Waals surface area (Å²) >= 11 is 0. The van der Waals surface area contributed by atoms with Crippen LogP contribution in [0.25, 0.3) is 21.5 Å². The van der Waals surface area contributed by atoms with Crippen LogP contribution >= 0.6 is 0 Å². The van der Waals surface area contributed by atoms with Crippen molar-refractivity contribution in [1.82, 2.24) is 0 Å². The van der Waals surface area contributed by atoms with Gasteiger partial charge in [0.15, 0.2) is 0 Å². The second-order valence-corrected chi connectivity index (χ2v) is 4.05. The van der Waals surface area contributed by atoms with Crippen molar-refractivity contribution < 1.29 is 17.5 Å². The van der Waals surface area contributed by atoms with Gasteiger partial charge in [0.25, 0.3) is 0 Å². The van der Waals surface area contributed by atoms with Gasteiger partial charge in [0, 0.05) is 0 Å². The lowest BCUT2D eigenvalue weighted by Gasteiger charge is -2.11. The van der Waals surface area contributed by atoms with Crippen molar-refractivity contribution in [1.29, 1.82) is 0 Å². The van der Waals surface area contributed by atoms with E-state index in [2.05, 4.69) is 36.4 Å². The summed E-state index contributed by atoms with van der Waals surface area (Å²) in [4.78, 5) is 0. The topological polar surface area (TPSA) is 74.6 Å². The van der Waals surface area contributed by atoms with Crippen LogP contribution in [0.15, 0.2) is 36.4 Å². The summed E-state index contributed by atoms with van der Waals surface area (Å²) in [6.07, 6.45) is 0. The molecule has 2 N–H and O–H groups in total. The van der Waals surface area contributed by atoms with Gasteiger partial charge in [-0.3, -0.25) is 9.11 Å². The van der Waals surface area contributed by atoms with Crippen molar-refractivity contribution in [3.8, 4) is 0 Å². The second kappa shape index (κ2) is 3.30. The molecule has 0 heterocycles. The van der Waals surface area contributed by atoms with Gasteiger partial charge in [0.1, 0.15) is 0 Å².